The molecule has 2 rings (SSSR count). The van der Waals surface area contributed by atoms with Crippen LogP contribution in [0.4, 0.5) is 22.4 Å². The number of carbonyl (C=O) groups is 2. The van der Waals surface area contributed by atoms with Gasteiger partial charge in [-0.05, 0) is 23.8 Å². The van der Waals surface area contributed by atoms with Crippen LogP contribution >= 0.6 is 11.8 Å². The molecule has 114 valence electrons. The average Bonchev–Trinajstić information content (AvgIpc) is 2.66. The second-order valence-corrected chi connectivity index (χ2v) is 5.41. The fraction of sp³-hybridized carbons (Fsp3) is 0.333. The van der Waals surface area contributed by atoms with Crippen LogP contribution in [0.25, 0.3) is 0 Å². The number of nitrogens with one attached hydrogen (secondary N) is 2. The third-order valence-electron chi connectivity index (χ3n) is 2.70. The SMILES string of the molecule is O=C1NC(=O)C(CSCc2cc(F)cc(C(F)(F)F)c2)N1. The highest BCUT2D eigenvalue weighted by Crippen LogP contribution is 2.31. The Bertz CT molecular complexity index is 577. The van der Waals surface area contributed by atoms with Crippen molar-refractivity contribution in [3.8, 4) is 0 Å². The molecule has 0 bridgehead atoms. The molecular weight excluding hydrogens is 312 g/mol. The third-order valence-corrected chi connectivity index (χ3v) is 3.80. The minimum atomic E-state index is -4.61. The van der Waals surface area contributed by atoms with E-state index in [0.717, 1.165) is 23.9 Å². The van der Waals surface area contributed by atoms with Crippen molar-refractivity contribution in [3.05, 3.63) is 35.1 Å². The summed E-state index contributed by atoms with van der Waals surface area (Å²) in [4.78, 5) is 22.1. The Morgan fingerprint density at radius 3 is 2.48 bits per heavy atom. The smallest absolute Gasteiger partial charge is 0.325 e. The van der Waals surface area contributed by atoms with E-state index >= 15 is 0 Å². The van der Waals surface area contributed by atoms with Gasteiger partial charge in [-0.15, -0.1) is 0 Å². The van der Waals surface area contributed by atoms with E-state index in [-0.39, 0.29) is 17.1 Å². The summed E-state index contributed by atoms with van der Waals surface area (Å²) in [6, 6.07) is 0.978. The maximum absolute atomic E-state index is 13.2. The molecule has 0 spiro atoms. The molecule has 1 aromatic carbocycles. The molecule has 1 unspecified atom stereocenters. The van der Waals surface area contributed by atoms with Crippen molar-refractivity contribution in [1.29, 1.82) is 0 Å². The van der Waals surface area contributed by atoms with Gasteiger partial charge in [-0.3, -0.25) is 10.1 Å². The molecular formula is C12H10F4N2O2S. The molecule has 0 aromatic heterocycles. The number of imide groups is 1. The summed E-state index contributed by atoms with van der Waals surface area (Å²) in [6.07, 6.45) is -4.61. The Morgan fingerprint density at radius 1 is 1.19 bits per heavy atom. The second-order valence-electron chi connectivity index (χ2n) is 4.38. The molecule has 0 aliphatic carbocycles. The van der Waals surface area contributed by atoms with Crippen LogP contribution in [0, 0.1) is 5.82 Å². The molecule has 0 saturated carbocycles. The van der Waals surface area contributed by atoms with Gasteiger partial charge in [-0.25, -0.2) is 9.18 Å². The number of amides is 3. The molecule has 4 nitrogen and oxygen atoms in total. The van der Waals surface area contributed by atoms with E-state index in [1.807, 2.05) is 5.32 Å². The van der Waals surface area contributed by atoms with Crippen LogP contribution in [0.2, 0.25) is 0 Å². The van der Waals surface area contributed by atoms with Crippen molar-refractivity contribution >= 4 is 23.7 Å². The van der Waals surface area contributed by atoms with E-state index in [9.17, 15) is 27.2 Å². The summed E-state index contributed by atoms with van der Waals surface area (Å²) in [5, 5.41) is 4.41. The predicted octanol–water partition coefficient (Wildman–Crippen LogP) is 2.29. The highest BCUT2D eigenvalue weighted by atomic mass is 32.2. The molecule has 0 radical (unpaired) electrons. The number of urea groups is 1. The predicted molar refractivity (Wildman–Crippen MR) is 68.0 cm³/mol. The zero-order valence-corrected chi connectivity index (χ0v) is 11.3. The number of alkyl halides is 3. The first-order chi connectivity index (χ1) is 9.75. The van der Waals surface area contributed by atoms with E-state index in [2.05, 4.69) is 5.32 Å². The van der Waals surface area contributed by atoms with Crippen LogP contribution in [0.5, 0.6) is 0 Å². The standard InChI is InChI=1S/C12H10F4N2O2S/c13-8-2-6(1-7(3-8)12(14,15)16)4-21-5-9-10(19)18-11(20)17-9/h1-3,9H,4-5H2,(H2,17,18,19,20). The van der Waals surface area contributed by atoms with E-state index in [1.165, 1.54) is 0 Å². The van der Waals surface area contributed by atoms with Crippen LogP contribution < -0.4 is 10.6 Å². The lowest BCUT2D eigenvalue weighted by molar-refractivity contribution is -0.137. The zero-order chi connectivity index (χ0) is 15.6. The molecule has 1 saturated heterocycles. The Kier molecular flexibility index (Phi) is 4.40. The minimum absolute atomic E-state index is 0.0977. The second kappa shape index (κ2) is 5.92. The summed E-state index contributed by atoms with van der Waals surface area (Å²) in [7, 11) is 0. The highest BCUT2D eigenvalue weighted by molar-refractivity contribution is 7.98. The largest absolute Gasteiger partial charge is 0.416 e. The topological polar surface area (TPSA) is 58.2 Å². The minimum Gasteiger partial charge on any atom is -0.325 e. The number of benzene rings is 1. The summed E-state index contributed by atoms with van der Waals surface area (Å²) in [5.41, 5.74) is -0.887. The molecule has 1 aliphatic heterocycles. The van der Waals surface area contributed by atoms with Crippen molar-refractivity contribution in [2.75, 3.05) is 5.75 Å². The normalized spacial score (nSPS) is 18.6. The van der Waals surface area contributed by atoms with Gasteiger partial charge in [0.15, 0.2) is 0 Å². The molecule has 9 heteroatoms. The van der Waals surface area contributed by atoms with Crippen molar-refractivity contribution in [1.82, 2.24) is 10.6 Å². The monoisotopic (exact) mass is 322 g/mol. The van der Waals surface area contributed by atoms with Crippen LogP contribution in [0.15, 0.2) is 18.2 Å². The maximum Gasteiger partial charge on any atom is 0.416 e. The number of rotatable bonds is 4. The van der Waals surface area contributed by atoms with Gasteiger partial charge in [-0.1, -0.05) is 0 Å². The highest BCUT2D eigenvalue weighted by Gasteiger charge is 2.32. The Balaban J connectivity index is 1.96. The molecule has 3 amide bonds. The number of thioether (sulfide) groups is 1. The first kappa shape index (κ1) is 15.6. The third kappa shape index (κ3) is 4.10. The molecule has 21 heavy (non-hydrogen) atoms. The summed E-state index contributed by atoms with van der Waals surface area (Å²) in [6.45, 7) is 0. The van der Waals surface area contributed by atoms with Crippen molar-refractivity contribution in [3.63, 3.8) is 0 Å². The quantitative estimate of drug-likeness (QED) is 0.660. The average molecular weight is 322 g/mol. The summed E-state index contributed by atoms with van der Waals surface area (Å²) in [5.74, 6) is -1.16. The van der Waals surface area contributed by atoms with Crippen LogP contribution in [0.3, 0.4) is 0 Å². The molecule has 1 fully saturated rings. The van der Waals surface area contributed by atoms with Gasteiger partial charge in [0.1, 0.15) is 11.9 Å². The van der Waals surface area contributed by atoms with Crippen molar-refractivity contribution in [2.24, 2.45) is 0 Å². The number of hydrogen-bond donors (Lipinski definition) is 2. The summed E-state index contributed by atoms with van der Waals surface area (Å²) >= 11 is 1.13. The van der Waals surface area contributed by atoms with Gasteiger partial charge < -0.3 is 5.32 Å². The van der Waals surface area contributed by atoms with E-state index in [4.69, 9.17) is 0 Å². The van der Waals surface area contributed by atoms with E-state index in [0.29, 0.717) is 6.07 Å². The fourth-order valence-electron chi connectivity index (χ4n) is 1.77. The van der Waals surface area contributed by atoms with Crippen molar-refractivity contribution < 1.29 is 27.2 Å². The number of halogens is 4. The number of carbonyl (C=O) groups excluding carboxylic acids is 2. The van der Waals surface area contributed by atoms with E-state index in [1.54, 1.807) is 0 Å². The Labute approximate surface area is 121 Å². The van der Waals surface area contributed by atoms with Crippen LogP contribution in [-0.4, -0.2) is 23.7 Å². The molecule has 1 aliphatic rings. The van der Waals surface area contributed by atoms with Gasteiger partial charge in [-0.2, -0.15) is 24.9 Å². The molecule has 1 heterocycles. The van der Waals surface area contributed by atoms with Gasteiger partial charge in [0.05, 0.1) is 5.56 Å². The lowest BCUT2D eigenvalue weighted by Crippen LogP contribution is -2.31. The van der Waals surface area contributed by atoms with Gasteiger partial charge in [0, 0.05) is 11.5 Å². The molecule has 1 aromatic rings. The van der Waals surface area contributed by atoms with E-state index < -0.39 is 35.5 Å². The zero-order valence-electron chi connectivity index (χ0n) is 10.5. The maximum atomic E-state index is 13.2. The van der Waals surface area contributed by atoms with Crippen LogP contribution in [-0.2, 0) is 16.7 Å². The van der Waals surface area contributed by atoms with Crippen molar-refractivity contribution in [2.45, 2.75) is 18.0 Å². The van der Waals surface area contributed by atoms with Gasteiger partial charge >= 0.3 is 12.2 Å². The Morgan fingerprint density at radius 2 is 1.90 bits per heavy atom. The van der Waals surface area contributed by atoms with Gasteiger partial charge in [0.25, 0.3) is 5.91 Å². The number of hydrogen-bond acceptors (Lipinski definition) is 3. The first-order valence-corrected chi connectivity index (χ1v) is 6.97. The Hall–Kier alpha value is -1.77. The van der Waals surface area contributed by atoms with Gasteiger partial charge in [0.2, 0.25) is 0 Å². The summed E-state index contributed by atoms with van der Waals surface area (Å²) < 4.78 is 50.8. The first-order valence-electron chi connectivity index (χ1n) is 5.81. The fourth-order valence-corrected chi connectivity index (χ4v) is 2.76. The lowest BCUT2D eigenvalue weighted by atomic mass is 10.1. The van der Waals surface area contributed by atoms with Crippen LogP contribution in [0.1, 0.15) is 11.1 Å². The lowest BCUT2D eigenvalue weighted by Gasteiger charge is -2.10. The molecule has 2 N–H and O–H groups in total. The molecule has 1 atom stereocenters.